The minimum atomic E-state index is 0.398. The molecule has 4 aliphatic rings. The number of rotatable bonds is 10. The lowest BCUT2D eigenvalue weighted by Crippen LogP contribution is -2.52. The lowest BCUT2D eigenvalue weighted by atomic mass is 9.47. The third-order valence-electron chi connectivity index (χ3n) is 11.3. The van der Waals surface area contributed by atoms with Crippen molar-refractivity contribution in [1.29, 1.82) is 0 Å². The first-order chi connectivity index (χ1) is 18.3. The van der Waals surface area contributed by atoms with Crippen molar-refractivity contribution in [2.24, 2.45) is 40.2 Å². The molecule has 7 unspecified atom stereocenters. The number of allylic oxidation sites excluding steroid dienone is 3. The van der Waals surface area contributed by atoms with Crippen molar-refractivity contribution >= 4 is 0 Å². The van der Waals surface area contributed by atoms with Gasteiger partial charge in [-0.3, -0.25) is 0 Å². The lowest BCUT2D eigenvalue weighted by molar-refractivity contribution is -0.0602. The van der Waals surface area contributed by atoms with Crippen LogP contribution in [0.4, 0.5) is 0 Å². The van der Waals surface area contributed by atoms with Crippen LogP contribution in [0.1, 0.15) is 119 Å². The second kappa shape index (κ2) is 15.9. The fraction of sp³-hybridized carbons (Fsp3) is 0.882. The Morgan fingerprint density at radius 2 is 1.84 bits per heavy atom. The summed E-state index contributed by atoms with van der Waals surface area (Å²) in [5, 5.41) is 0. The molecule has 0 aromatic carbocycles. The van der Waals surface area contributed by atoms with E-state index >= 15 is 0 Å². The molecule has 4 rings (SSSR count). The molecule has 222 valence electrons. The van der Waals surface area contributed by atoms with Gasteiger partial charge in [-0.25, -0.2) is 0 Å². The van der Waals surface area contributed by atoms with Gasteiger partial charge in [0, 0.05) is 12.1 Å². The van der Waals surface area contributed by atoms with Crippen LogP contribution >= 0.6 is 0 Å². The van der Waals surface area contributed by atoms with E-state index in [2.05, 4.69) is 57.8 Å². The molecule has 0 aliphatic heterocycles. The van der Waals surface area contributed by atoms with Crippen LogP contribution < -0.4 is 11.2 Å². The highest BCUT2D eigenvalue weighted by Gasteiger charge is 2.59. The molecule has 4 aliphatic carbocycles. The largest absolute Gasteiger partial charge is 0.330 e. The van der Waals surface area contributed by atoms with Gasteiger partial charge in [-0.2, -0.15) is 5.48 Å². The van der Waals surface area contributed by atoms with E-state index in [1.54, 1.807) is 12.7 Å². The summed E-state index contributed by atoms with van der Waals surface area (Å²) in [7, 11) is 3.99. The minimum Gasteiger partial charge on any atom is -0.330 e. The predicted octanol–water partition coefficient (Wildman–Crippen LogP) is 8.14. The van der Waals surface area contributed by atoms with Gasteiger partial charge in [-0.1, -0.05) is 71.8 Å². The highest BCUT2D eigenvalue weighted by molar-refractivity contribution is 5.25. The van der Waals surface area contributed by atoms with E-state index in [4.69, 9.17) is 10.6 Å². The summed E-state index contributed by atoms with van der Waals surface area (Å²) >= 11 is 0. The zero-order valence-electron chi connectivity index (χ0n) is 26.7. The number of nitrogens with two attached hydrogens (primary N) is 1. The Morgan fingerprint density at radius 1 is 1.13 bits per heavy atom. The Labute approximate surface area is 237 Å². The van der Waals surface area contributed by atoms with Crippen molar-refractivity contribution in [3.8, 4) is 0 Å². The van der Waals surface area contributed by atoms with Gasteiger partial charge in [0.2, 0.25) is 0 Å². The molecule has 4 nitrogen and oxygen atoms in total. The molecule has 4 fully saturated rings. The fourth-order valence-corrected chi connectivity index (χ4v) is 8.99. The second-order valence-electron chi connectivity index (χ2n) is 13.1. The van der Waals surface area contributed by atoms with Crippen LogP contribution in [0.5, 0.6) is 0 Å². The molecule has 4 saturated carbocycles. The van der Waals surface area contributed by atoms with E-state index in [1.165, 1.54) is 70.6 Å². The maximum absolute atomic E-state index is 5.78. The van der Waals surface area contributed by atoms with E-state index in [1.807, 2.05) is 19.9 Å². The highest BCUT2D eigenvalue weighted by atomic mass is 16.6. The van der Waals surface area contributed by atoms with Gasteiger partial charge in [0.25, 0.3) is 0 Å². The van der Waals surface area contributed by atoms with E-state index in [0.717, 1.165) is 43.2 Å². The molecule has 0 spiro atoms. The minimum absolute atomic E-state index is 0.398. The monoisotopic (exact) mass is 532 g/mol. The highest BCUT2D eigenvalue weighted by Crippen LogP contribution is 2.66. The van der Waals surface area contributed by atoms with Gasteiger partial charge in [-0.05, 0) is 126 Å². The van der Waals surface area contributed by atoms with Gasteiger partial charge in [0.05, 0.1) is 7.11 Å². The summed E-state index contributed by atoms with van der Waals surface area (Å²) in [6.07, 6.45) is 20.6. The first-order valence-electron chi connectivity index (χ1n) is 16.3. The van der Waals surface area contributed by atoms with Crippen molar-refractivity contribution in [3.63, 3.8) is 0 Å². The summed E-state index contributed by atoms with van der Waals surface area (Å²) in [4.78, 5) is 7.30. The smallest absolute Gasteiger partial charge is 0.0572 e. The molecule has 0 heterocycles. The quantitative estimate of drug-likeness (QED) is 0.279. The van der Waals surface area contributed by atoms with Crippen molar-refractivity contribution in [2.45, 2.75) is 131 Å². The summed E-state index contributed by atoms with van der Waals surface area (Å²) < 4.78 is 0. The van der Waals surface area contributed by atoms with E-state index in [9.17, 15) is 0 Å². The molecule has 0 radical (unpaired) electrons. The van der Waals surface area contributed by atoms with Gasteiger partial charge < -0.3 is 15.5 Å². The lowest BCUT2D eigenvalue weighted by Gasteiger charge is -2.58. The van der Waals surface area contributed by atoms with Crippen LogP contribution in [0.3, 0.4) is 0 Å². The standard InChI is InChI=1S/C27H48N2.C5H11NO.C2H6/c1-7-10-21-11-12-22-24-14-13-23(20(3)29(6)19-9-18-28)27(24,5)17-15-25(22)26(21,4)16-8-2;1-7-6-5-3-2-4-5;1-2/h7,10,20,22-25H,1,8-9,11-19,28H2,2-6H3;5-6H,2-4H2,1H3;1-2H3/b21-10-;;. The second-order valence-corrected chi connectivity index (χ2v) is 13.1. The predicted molar refractivity (Wildman–Crippen MR) is 166 cm³/mol. The zero-order valence-corrected chi connectivity index (χ0v) is 26.7. The van der Waals surface area contributed by atoms with E-state index in [-0.39, 0.29) is 0 Å². The molecule has 3 N–H and O–H groups in total. The Bertz CT molecular complexity index is 719. The van der Waals surface area contributed by atoms with Crippen LogP contribution in [0.25, 0.3) is 0 Å². The Morgan fingerprint density at radius 3 is 2.37 bits per heavy atom. The maximum atomic E-state index is 5.78. The van der Waals surface area contributed by atoms with Crippen LogP contribution in [-0.4, -0.2) is 44.2 Å². The number of nitrogens with one attached hydrogen (secondary N) is 1. The molecule has 0 bridgehead atoms. The molecule has 0 saturated heterocycles. The topological polar surface area (TPSA) is 50.5 Å². The fourth-order valence-electron chi connectivity index (χ4n) is 8.99. The molecule has 0 aromatic rings. The number of hydroxylamine groups is 1. The molecule has 38 heavy (non-hydrogen) atoms. The average molecular weight is 532 g/mol. The van der Waals surface area contributed by atoms with Crippen LogP contribution in [0, 0.1) is 34.5 Å². The zero-order chi connectivity index (χ0) is 28.3. The van der Waals surface area contributed by atoms with Gasteiger partial charge in [-0.15, -0.1) is 0 Å². The maximum Gasteiger partial charge on any atom is 0.0572 e. The summed E-state index contributed by atoms with van der Waals surface area (Å²) in [6.45, 7) is 20.1. The Kier molecular flexibility index (Phi) is 14.1. The number of fused-ring (bicyclic) bond motifs is 3. The van der Waals surface area contributed by atoms with E-state index < -0.39 is 0 Å². The molecule has 4 heteroatoms. The molecular formula is C34H65N3O. The third-order valence-corrected chi connectivity index (χ3v) is 11.3. The molecule has 0 aromatic heterocycles. The van der Waals surface area contributed by atoms with Crippen molar-refractivity contribution in [3.05, 3.63) is 24.3 Å². The summed E-state index contributed by atoms with van der Waals surface area (Å²) in [5.74, 6) is 3.58. The third kappa shape index (κ3) is 7.33. The summed E-state index contributed by atoms with van der Waals surface area (Å²) in [5.41, 5.74) is 11.3. The van der Waals surface area contributed by atoms with Crippen LogP contribution in [0.2, 0.25) is 0 Å². The first-order valence-corrected chi connectivity index (χ1v) is 16.3. The van der Waals surface area contributed by atoms with Gasteiger partial charge >= 0.3 is 0 Å². The number of nitrogens with zero attached hydrogens (tertiary/aromatic N) is 1. The Hall–Kier alpha value is -0.680. The van der Waals surface area contributed by atoms with Crippen molar-refractivity contribution < 1.29 is 4.84 Å². The SMILES string of the molecule is C=C/C=C1/CCC2C(CCC3(C)C2CCC3C(C)N(C)CCCN)C1(C)CCC.CC.CONC1CCC1. The van der Waals surface area contributed by atoms with Gasteiger partial charge in [0.1, 0.15) is 0 Å². The first kappa shape index (κ1) is 33.5. The Balaban J connectivity index is 0.000000481. The average Bonchev–Trinajstić information content (AvgIpc) is 3.25. The summed E-state index contributed by atoms with van der Waals surface area (Å²) in [6, 6.07) is 1.33. The molecule has 7 atom stereocenters. The normalized spacial score (nSPS) is 36.2. The van der Waals surface area contributed by atoms with Crippen LogP contribution in [0.15, 0.2) is 24.3 Å². The number of hydrogen-bond donors (Lipinski definition) is 2. The van der Waals surface area contributed by atoms with E-state index in [0.29, 0.717) is 22.9 Å². The molecule has 0 amide bonds. The van der Waals surface area contributed by atoms with Crippen molar-refractivity contribution in [1.82, 2.24) is 10.4 Å². The van der Waals surface area contributed by atoms with Crippen molar-refractivity contribution in [2.75, 3.05) is 27.2 Å². The van der Waals surface area contributed by atoms with Crippen LogP contribution in [-0.2, 0) is 4.84 Å². The van der Waals surface area contributed by atoms with Gasteiger partial charge in [0.15, 0.2) is 0 Å². The number of hydrogen-bond acceptors (Lipinski definition) is 4. The molecular weight excluding hydrogens is 466 g/mol.